The maximum absolute atomic E-state index is 13.9. The molecule has 214 valence electrons. The summed E-state index contributed by atoms with van der Waals surface area (Å²) >= 11 is 0. The van der Waals surface area contributed by atoms with Crippen LogP contribution in [0.1, 0.15) is 28.2 Å². The van der Waals surface area contributed by atoms with Gasteiger partial charge < -0.3 is 19.7 Å². The number of benzene rings is 4. The number of methoxy groups -OCH3 is 1. The molecular weight excluding hydrogens is 528 g/mol. The number of nitrogens with one attached hydrogen (secondary N) is 1. The van der Waals surface area contributed by atoms with Crippen LogP contribution in [-0.4, -0.2) is 55.7 Å². The van der Waals surface area contributed by atoms with E-state index in [1.54, 1.807) is 7.05 Å². The van der Waals surface area contributed by atoms with E-state index in [1.165, 1.54) is 12.0 Å². The van der Waals surface area contributed by atoms with Gasteiger partial charge in [-0.25, -0.2) is 9.59 Å². The minimum atomic E-state index is -0.962. The Morgan fingerprint density at radius 1 is 0.738 bits per heavy atom. The van der Waals surface area contributed by atoms with Gasteiger partial charge in [-0.2, -0.15) is 0 Å². The smallest absolute Gasteiger partial charge is 0.407 e. The summed E-state index contributed by atoms with van der Waals surface area (Å²) in [7, 11) is 2.86. The van der Waals surface area contributed by atoms with Gasteiger partial charge in [0, 0.05) is 25.8 Å². The minimum absolute atomic E-state index is 0.108. The summed E-state index contributed by atoms with van der Waals surface area (Å²) in [5, 5.41) is 2.79. The Morgan fingerprint density at radius 3 is 1.79 bits per heavy atom. The fourth-order valence-electron chi connectivity index (χ4n) is 5.58. The molecule has 1 aliphatic carbocycles. The van der Waals surface area contributed by atoms with Gasteiger partial charge in [-0.1, -0.05) is 109 Å². The molecule has 0 aliphatic heterocycles. The summed E-state index contributed by atoms with van der Waals surface area (Å²) in [6, 6.07) is 33.2. The monoisotopic (exact) mass is 562 g/mol. The first-order valence-electron chi connectivity index (χ1n) is 14.0. The van der Waals surface area contributed by atoms with Crippen LogP contribution in [0.25, 0.3) is 11.1 Å². The summed E-state index contributed by atoms with van der Waals surface area (Å²) in [6.45, 7) is 0.126. The van der Waals surface area contributed by atoms with Gasteiger partial charge in [0.2, 0.25) is 5.91 Å². The second kappa shape index (κ2) is 13.2. The molecule has 0 fully saturated rings. The lowest BCUT2D eigenvalue weighted by atomic mass is 9.98. The van der Waals surface area contributed by atoms with E-state index in [4.69, 9.17) is 9.47 Å². The van der Waals surface area contributed by atoms with Gasteiger partial charge in [0.1, 0.15) is 18.7 Å². The molecule has 0 radical (unpaired) electrons. The third-order valence-corrected chi connectivity index (χ3v) is 7.78. The van der Waals surface area contributed by atoms with Gasteiger partial charge in [-0.05, 0) is 33.4 Å². The fourth-order valence-corrected chi connectivity index (χ4v) is 5.58. The van der Waals surface area contributed by atoms with Gasteiger partial charge in [0.15, 0.2) is 0 Å². The Morgan fingerprint density at radius 2 is 1.24 bits per heavy atom. The molecule has 4 aromatic carbocycles. The first-order valence-corrected chi connectivity index (χ1v) is 14.0. The molecule has 0 heterocycles. The van der Waals surface area contributed by atoms with Crippen molar-refractivity contribution in [3.63, 3.8) is 0 Å². The van der Waals surface area contributed by atoms with E-state index in [-0.39, 0.29) is 25.4 Å². The second-order valence-electron chi connectivity index (χ2n) is 10.4. The summed E-state index contributed by atoms with van der Waals surface area (Å²) < 4.78 is 10.8. The number of carbonyl (C=O) groups is 3. The number of fused-ring (bicyclic) bond motifs is 3. The third-order valence-electron chi connectivity index (χ3n) is 7.78. The first-order chi connectivity index (χ1) is 20.5. The van der Waals surface area contributed by atoms with Crippen LogP contribution in [-0.2, 0) is 31.9 Å². The second-order valence-corrected chi connectivity index (χ2v) is 10.4. The molecule has 0 aromatic heterocycles. The van der Waals surface area contributed by atoms with Crippen molar-refractivity contribution in [2.75, 3.05) is 20.8 Å². The normalized spacial score (nSPS) is 13.3. The number of hydrogen-bond donors (Lipinski definition) is 1. The highest BCUT2D eigenvalue weighted by molar-refractivity contribution is 5.90. The molecule has 7 nitrogen and oxygen atoms in total. The zero-order chi connectivity index (χ0) is 29.5. The summed E-state index contributed by atoms with van der Waals surface area (Å²) in [5.74, 6) is -1.06. The van der Waals surface area contributed by atoms with E-state index >= 15 is 0 Å². The van der Waals surface area contributed by atoms with Crippen molar-refractivity contribution in [3.8, 4) is 11.1 Å². The number of likely N-dealkylation sites (N-methyl/N-ethyl adjacent to an activating group) is 1. The average Bonchev–Trinajstić information content (AvgIpc) is 3.36. The molecule has 1 aliphatic rings. The lowest BCUT2D eigenvalue weighted by molar-refractivity contribution is -0.152. The highest BCUT2D eigenvalue weighted by Crippen LogP contribution is 2.44. The third kappa shape index (κ3) is 6.36. The van der Waals surface area contributed by atoms with E-state index in [2.05, 4.69) is 29.6 Å². The van der Waals surface area contributed by atoms with Crippen LogP contribution >= 0.6 is 0 Å². The fraction of sp³-hybridized carbons (Fsp3) is 0.229. The molecular formula is C35H34N2O5. The Hall–Kier alpha value is -4.91. The van der Waals surface area contributed by atoms with Crippen molar-refractivity contribution in [2.45, 2.75) is 30.8 Å². The van der Waals surface area contributed by atoms with Crippen LogP contribution in [0.2, 0.25) is 0 Å². The van der Waals surface area contributed by atoms with Crippen molar-refractivity contribution < 1.29 is 23.9 Å². The van der Waals surface area contributed by atoms with Gasteiger partial charge >= 0.3 is 12.1 Å². The zero-order valence-electron chi connectivity index (χ0n) is 23.7. The number of nitrogens with zero attached hydrogens (tertiary/aromatic N) is 1. The summed E-state index contributed by atoms with van der Waals surface area (Å²) in [4.78, 5) is 41.2. The molecule has 4 aromatic rings. The van der Waals surface area contributed by atoms with Crippen LogP contribution < -0.4 is 5.32 Å². The van der Waals surface area contributed by atoms with E-state index < -0.39 is 30.1 Å². The van der Waals surface area contributed by atoms with Crippen LogP contribution in [0, 0.1) is 0 Å². The molecule has 42 heavy (non-hydrogen) atoms. The van der Waals surface area contributed by atoms with E-state index in [0.29, 0.717) is 0 Å². The number of hydrogen-bond acceptors (Lipinski definition) is 5. The minimum Gasteiger partial charge on any atom is -0.467 e. The standard InChI is InChI=1S/C35H34N2O5/c1-37(32(34(39)41-2)22-25-15-7-4-8-16-25)33(38)31(21-24-13-5-3-6-14-24)36-35(40)42-23-30-28-19-11-9-17-26(28)27-18-10-12-20-29(27)30/h3-20,30-32H,21-23H2,1-2H3,(H,36,40)/t31-,32-/m0/s1. The van der Waals surface area contributed by atoms with E-state index in [9.17, 15) is 14.4 Å². The number of rotatable bonds is 10. The van der Waals surface area contributed by atoms with Crippen LogP contribution in [0.3, 0.4) is 0 Å². The maximum Gasteiger partial charge on any atom is 0.407 e. The highest BCUT2D eigenvalue weighted by Gasteiger charge is 2.34. The molecule has 0 unspecified atom stereocenters. The molecule has 2 atom stereocenters. The molecule has 0 bridgehead atoms. The first kappa shape index (κ1) is 28.6. The maximum atomic E-state index is 13.9. The highest BCUT2D eigenvalue weighted by atomic mass is 16.5. The van der Waals surface area contributed by atoms with Crippen molar-refractivity contribution in [1.29, 1.82) is 0 Å². The predicted octanol–water partition coefficient (Wildman–Crippen LogP) is 5.38. The lowest BCUT2D eigenvalue weighted by Gasteiger charge is -2.30. The van der Waals surface area contributed by atoms with E-state index in [1.807, 2.05) is 84.9 Å². The molecule has 0 spiro atoms. The Bertz CT molecular complexity index is 1490. The Labute approximate surface area is 246 Å². The van der Waals surface area contributed by atoms with Crippen molar-refractivity contribution >= 4 is 18.0 Å². The Kier molecular flexibility index (Phi) is 8.97. The number of alkyl carbamates (subject to hydrolysis) is 1. The topological polar surface area (TPSA) is 84.9 Å². The molecule has 5 rings (SSSR count). The SMILES string of the molecule is COC(=O)[C@H](Cc1ccccc1)N(C)C(=O)[C@H](Cc1ccccc1)NC(=O)OCC1c2ccccc2-c2ccccc21. The molecule has 7 heteroatoms. The van der Waals surface area contributed by atoms with Crippen molar-refractivity contribution in [2.24, 2.45) is 0 Å². The van der Waals surface area contributed by atoms with Crippen molar-refractivity contribution in [3.05, 3.63) is 131 Å². The van der Waals surface area contributed by atoms with Gasteiger partial charge in [-0.15, -0.1) is 0 Å². The van der Waals surface area contributed by atoms with Crippen LogP contribution in [0.5, 0.6) is 0 Å². The molecule has 2 amide bonds. The van der Waals surface area contributed by atoms with Gasteiger partial charge in [-0.3, -0.25) is 4.79 Å². The molecule has 0 saturated heterocycles. The quantitative estimate of drug-likeness (QED) is 0.263. The predicted molar refractivity (Wildman–Crippen MR) is 161 cm³/mol. The molecule has 0 saturated carbocycles. The van der Waals surface area contributed by atoms with E-state index in [0.717, 1.165) is 33.4 Å². The number of amides is 2. The largest absolute Gasteiger partial charge is 0.467 e. The average molecular weight is 563 g/mol. The Balaban J connectivity index is 1.33. The zero-order valence-corrected chi connectivity index (χ0v) is 23.7. The summed E-state index contributed by atoms with van der Waals surface area (Å²) in [5.41, 5.74) is 6.22. The molecule has 1 N–H and O–H groups in total. The number of esters is 1. The van der Waals surface area contributed by atoms with Crippen LogP contribution in [0.15, 0.2) is 109 Å². The number of ether oxygens (including phenoxy) is 2. The lowest BCUT2D eigenvalue weighted by Crippen LogP contribution is -2.54. The van der Waals surface area contributed by atoms with Gasteiger partial charge in [0.25, 0.3) is 0 Å². The van der Waals surface area contributed by atoms with Crippen LogP contribution in [0.4, 0.5) is 4.79 Å². The number of carbonyl (C=O) groups excluding carboxylic acids is 3. The summed E-state index contributed by atoms with van der Waals surface area (Å²) in [6.07, 6.45) is -0.191. The van der Waals surface area contributed by atoms with Gasteiger partial charge in [0.05, 0.1) is 7.11 Å². The van der Waals surface area contributed by atoms with Crippen molar-refractivity contribution in [1.82, 2.24) is 10.2 Å².